The fourth-order valence-corrected chi connectivity index (χ4v) is 5.17. The van der Waals surface area contributed by atoms with E-state index in [1.807, 2.05) is 42.3 Å². The second-order valence-electron chi connectivity index (χ2n) is 9.17. The zero-order chi connectivity index (χ0) is 22.3. The maximum absolute atomic E-state index is 13.5. The number of carbonyl (C=O) groups is 2. The van der Waals surface area contributed by atoms with E-state index in [0.29, 0.717) is 32.0 Å². The highest BCUT2D eigenvalue weighted by molar-refractivity contribution is 5.82. The highest BCUT2D eigenvalue weighted by atomic mass is 16.3. The van der Waals surface area contributed by atoms with Gasteiger partial charge in [-0.25, -0.2) is 0 Å². The largest absolute Gasteiger partial charge is 0.467 e. The molecule has 1 aromatic heterocycles. The van der Waals surface area contributed by atoms with Gasteiger partial charge < -0.3 is 14.2 Å². The highest BCUT2D eigenvalue weighted by Crippen LogP contribution is 2.32. The first kappa shape index (κ1) is 22.6. The summed E-state index contributed by atoms with van der Waals surface area (Å²) in [6.07, 6.45) is 7.60. The number of amides is 2. The lowest BCUT2D eigenvalue weighted by Gasteiger charge is -2.42. The molecular formula is C26H35N3O3. The van der Waals surface area contributed by atoms with E-state index in [0.717, 1.165) is 38.1 Å². The number of rotatable bonds is 8. The normalized spacial score (nSPS) is 18.6. The summed E-state index contributed by atoms with van der Waals surface area (Å²) in [6.45, 7) is 3.42. The van der Waals surface area contributed by atoms with Crippen molar-refractivity contribution >= 4 is 11.8 Å². The quantitative estimate of drug-likeness (QED) is 0.634. The Bertz CT molecular complexity index is 854. The zero-order valence-electron chi connectivity index (χ0n) is 19.1. The number of likely N-dealkylation sites (N-methyl/N-ethyl adjacent to an activating group) is 1. The first-order valence-corrected chi connectivity index (χ1v) is 11.9. The van der Waals surface area contributed by atoms with E-state index in [1.54, 1.807) is 11.2 Å². The molecule has 2 amide bonds. The molecule has 1 atom stereocenters. The third kappa shape index (κ3) is 5.60. The smallest absolute Gasteiger partial charge is 0.240 e. The topological polar surface area (TPSA) is 57.0 Å². The predicted octanol–water partition coefficient (Wildman–Crippen LogP) is 3.57. The van der Waals surface area contributed by atoms with Crippen molar-refractivity contribution in [2.24, 2.45) is 5.92 Å². The van der Waals surface area contributed by atoms with Crippen LogP contribution < -0.4 is 0 Å². The van der Waals surface area contributed by atoms with Crippen LogP contribution in [0.25, 0.3) is 0 Å². The Morgan fingerprint density at radius 1 is 1.03 bits per heavy atom. The van der Waals surface area contributed by atoms with Gasteiger partial charge in [0.15, 0.2) is 0 Å². The van der Waals surface area contributed by atoms with E-state index < -0.39 is 0 Å². The average molecular weight is 438 g/mol. The van der Waals surface area contributed by atoms with Crippen molar-refractivity contribution in [1.29, 1.82) is 0 Å². The highest BCUT2D eigenvalue weighted by Gasteiger charge is 2.38. The van der Waals surface area contributed by atoms with Gasteiger partial charge in [-0.05, 0) is 42.9 Å². The SMILES string of the molecule is CN(Cc1ccco1)C(=O)C(C1CCCC1)N1CCN(C(=O)CCc2ccccc2)CC1. The number of aryl methyl sites for hydroxylation is 1. The van der Waals surface area contributed by atoms with Crippen molar-refractivity contribution in [3.63, 3.8) is 0 Å². The fraction of sp³-hybridized carbons (Fsp3) is 0.538. The lowest BCUT2D eigenvalue weighted by atomic mass is 9.94. The monoisotopic (exact) mass is 437 g/mol. The van der Waals surface area contributed by atoms with Gasteiger partial charge in [0, 0.05) is 39.6 Å². The minimum atomic E-state index is -0.0981. The summed E-state index contributed by atoms with van der Waals surface area (Å²) in [5.74, 6) is 1.60. The van der Waals surface area contributed by atoms with Gasteiger partial charge >= 0.3 is 0 Å². The second kappa shape index (κ2) is 10.8. The Labute approximate surface area is 191 Å². The van der Waals surface area contributed by atoms with Gasteiger partial charge in [-0.1, -0.05) is 43.2 Å². The van der Waals surface area contributed by atoms with E-state index >= 15 is 0 Å². The van der Waals surface area contributed by atoms with E-state index in [4.69, 9.17) is 4.42 Å². The van der Waals surface area contributed by atoms with E-state index in [9.17, 15) is 9.59 Å². The molecule has 1 unspecified atom stereocenters. The molecule has 0 radical (unpaired) electrons. The van der Waals surface area contributed by atoms with Gasteiger partial charge in [0.2, 0.25) is 11.8 Å². The van der Waals surface area contributed by atoms with Crippen molar-refractivity contribution in [2.75, 3.05) is 33.2 Å². The molecule has 2 fully saturated rings. The molecule has 1 aliphatic carbocycles. The molecule has 6 nitrogen and oxygen atoms in total. The Kier molecular flexibility index (Phi) is 7.63. The van der Waals surface area contributed by atoms with E-state index in [1.165, 1.54) is 18.4 Å². The molecule has 172 valence electrons. The Balaban J connectivity index is 1.33. The van der Waals surface area contributed by atoms with Gasteiger partial charge in [-0.2, -0.15) is 0 Å². The van der Waals surface area contributed by atoms with Crippen LogP contribution in [0.3, 0.4) is 0 Å². The minimum absolute atomic E-state index is 0.0981. The first-order chi connectivity index (χ1) is 15.6. The fourth-order valence-electron chi connectivity index (χ4n) is 5.17. The number of piperazine rings is 1. The van der Waals surface area contributed by atoms with Gasteiger partial charge in [0.1, 0.15) is 5.76 Å². The summed E-state index contributed by atoms with van der Waals surface area (Å²) in [4.78, 5) is 32.3. The van der Waals surface area contributed by atoms with Crippen LogP contribution in [0.15, 0.2) is 53.1 Å². The third-order valence-corrected chi connectivity index (χ3v) is 6.98. The summed E-state index contributed by atoms with van der Waals surface area (Å²) in [5, 5.41) is 0. The van der Waals surface area contributed by atoms with Crippen molar-refractivity contribution in [1.82, 2.24) is 14.7 Å². The van der Waals surface area contributed by atoms with Gasteiger partial charge in [0.05, 0.1) is 18.8 Å². The molecule has 0 spiro atoms. The Morgan fingerprint density at radius 2 is 1.75 bits per heavy atom. The summed E-state index contributed by atoms with van der Waals surface area (Å²) >= 11 is 0. The van der Waals surface area contributed by atoms with Crippen molar-refractivity contribution in [3.8, 4) is 0 Å². The van der Waals surface area contributed by atoms with Crippen LogP contribution in [0, 0.1) is 5.92 Å². The summed E-state index contributed by atoms with van der Waals surface area (Å²) in [7, 11) is 1.87. The maximum atomic E-state index is 13.5. The lowest BCUT2D eigenvalue weighted by molar-refractivity contribution is -0.141. The molecule has 6 heteroatoms. The van der Waals surface area contributed by atoms with Gasteiger partial charge in [0.25, 0.3) is 0 Å². The summed E-state index contributed by atoms with van der Waals surface area (Å²) in [6, 6.07) is 13.8. The standard InChI is InChI=1S/C26H35N3O3/c1-27(20-23-12-7-19-32-23)26(31)25(22-10-5-6-11-22)29-17-15-28(16-18-29)24(30)14-13-21-8-3-2-4-9-21/h2-4,7-9,12,19,22,25H,5-6,10-11,13-18,20H2,1H3. The molecule has 2 heterocycles. The number of carbonyl (C=O) groups excluding carboxylic acids is 2. The van der Waals surface area contributed by atoms with Crippen molar-refractivity contribution in [2.45, 2.75) is 51.1 Å². The van der Waals surface area contributed by atoms with Crippen molar-refractivity contribution in [3.05, 3.63) is 60.1 Å². The second-order valence-corrected chi connectivity index (χ2v) is 9.17. The Hall–Kier alpha value is -2.60. The van der Waals surface area contributed by atoms with Crippen molar-refractivity contribution < 1.29 is 14.0 Å². The summed E-state index contributed by atoms with van der Waals surface area (Å²) in [5.41, 5.74) is 1.20. The molecule has 32 heavy (non-hydrogen) atoms. The van der Waals surface area contributed by atoms with Crippen LogP contribution in [-0.2, 0) is 22.6 Å². The molecule has 4 rings (SSSR count). The molecule has 2 aromatic rings. The number of nitrogens with zero attached hydrogens (tertiary/aromatic N) is 3. The number of benzene rings is 1. The molecule has 0 bridgehead atoms. The molecule has 1 saturated carbocycles. The van der Waals surface area contributed by atoms with Crippen LogP contribution in [0.4, 0.5) is 0 Å². The van der Waals surface area contributed by atoms with Gasteiger partial charge in [-0.3, -0.25) is 14.5 Å². The molecule has 1 aromatic carbocycles. The Morgan fingerprint density at radius 3 is 2.41 bits per heavy atom. The third-order valence-electron chi connectivity index (χ3n) is 6.98. The van der Waals surface area contributed by atoms with Crippen LogP contribution in [-0.4, -0.2) is 65.8 Å². The van der Waals surface area contributed by atoms with Gasteiger partial charge in [-0.15, -0.1) is 0 Å². The van der Waals surface area contributed by atoms with Crippen LogP contribution in [0.5, 0.6) is 0 Å². The van der Waals surface area contributed by atoms with Crippen LogP contribution in [0.1, 0.15) is 43.4 Å². The zero-order valence-corrected chi connectivity index (χ0v) is 19.1. The van der Waals surface area contributed by atoms with Crippen LogP contribution in [0.2, 0.25) is 0 Å². The summed E-state index contributed by atoms with van der Waals surface area (Å²) < 4.78 is 5.45. The molecule has 1 saturated heterocycles. The maximum Gasteiger partial charge on any atom is 0.240 e. The van der Waals surface area contributed by atoms with E-state index in [-0.39, 0.29) is 17.9 Å². The minimum Gasteiger partial charge on any atom is -0.467 e. The molecule has 2 aliphatic rings. The first-order valence-electron chi connectivity index (χ1n) is 11.9. The number of hydrogen-bond acceptors (Lipinski definition) is 4. The average Bonchev–Trinajstić information content (AvgIpc) is 3.53. The van der Waals surface area contributed by atoms with E-state index in [2.05, 4.69) is 17.0 Å². The predicted molar refractivity (Wildman–Crippen MR) is 124 cm³/mol. The molecule has 0 N–H and O–H groups in total. The lowest BCUT2D eigenvalue weighted by Crippen LogP contribution is -2.58. The molecular weight excluding hydrogens is 402 g/mol. The number of furan rings is 1. The molecule has 1 aliphatic heterocycles. The van der Waals surface area contributed by atoms with Crippen LogP contribution >= 0.6 is 0 Å². The number of hydrogen-bond donors (Lipinski definition) is 0.